The molecule has 0 aromatic rings. The fourth-order valence-electron chi connectivity index (χ4n) is 6.45. The van der Waals surface area contributed by atoms with Crippen LogP contribution in [0.4, 0.5) is 0 Å². The Hall–Kier alpha value is -6.14. The Balaban J connectivity index is 4.29. The minimum Gasteiger partial charge on any atom is -0.378 e. The van der Waals surface area contributed by atoms with Crippen molar-refractivity contribution < 1.29 is 85.8 Å². The van der Waals surface area contributed by atoms with Gasteiger partial charge in [0.2, 0.25) is 59.1 Å². The maximum atomic E-state index is 13.2. The molecule has 0 spiro atoms. The van der Waals surface area contributed by atoms with Crippen molar-refractivity contribution in [2.24, 2.45) is 11.5 Å². The van der Waals surface area contributed by atoms with E-state index >= 15 is 0 Å². The van der Waals surface area contributed by atoms with Crippen LogP contribution in [0.2, 0.25) is 0 Å². The number of rotatable bonds is 57. The fourth-order valence-corrected chi connectivity index (χ4v) is 6.45. The number of nitrogens with two attached hydrogens (primary N) is 2. The zero-order valence-corrected chi connectivity index (χ0v) is 47.7. The number of ether oxygens (including phenoxy) is 8. The third kappa shape index (κ3) is 53.2. The molecule has 0 bridgehead atoms. The first-order valence-corrected chi connectivity index (χ1v) is 28.0. The zero-order chi connectivity index (χ0) is 60.4. The van der Waals surface area contributed by atoms with Crippen molar-refractivity contribution in [3.05, 3.63) is 0 Å². The molecule has 0 aliphatic rings. The highest BCUT2D eigenvalue weighted by Crippen LogP contribution is 2.04. The van der Waals surface area contributed by atoms with E-state index in [0.717, 1.165) is 0 Å². The average molecular weight is 1180 g/mol. The van der Waals surface area contributed by atoms with Crippen LogP contribution >= 0.6 is 0 Å². The molecule has 1 atom stereocenters. The van der Waals surface area contributed by atoms with E-state index in [1.807, 2.05) is 0 Å². The maximum Gasteiger partial charge on any atom is 0.242 e. The highest BCUT2D eigenvalue weighted by molar-refractivity contribution is 5.89. The third-order valence-corrected chi connectivity index (χ3v) is 10.7. The van der Waals surface area contributed by atoms with Crippen LogP contribution in [0.25, 0.3) is 0 Å². The molecule has 30 heteroatoms. The van der Waals surface area contributed by atoms with E-state index < -0.39 is 17.9 Å². The van der Waals surface area contributed by atoms with Crippen molar-refractivity contribution >= 4 is 59.1 Å². The smallest absolute Gasteiger partial charge is 0.242 e. The molecule has 10 amide bonds. The minimum atomic E-state index is -0.928. The lowest BCUT2D eigenvalue weighted by Gasteiger charge is -2.19. The first kappa shape index (κ1) is 75.9. The number of carbonyl (C=O) groups excluding carboxylic acids is 10. The molecule has 0 saturated heterocycles. The Kier molecular flexibility index (Phi) is 52.5. The maximum absolute atomic E-state index is 13.2. The second-order valence-corrected chi connectivity index (χ2v) is 17.6. The molecule has 0 unspecified atom stereocenters. The summed E-state index contributed by atoms with van der Waals surface area (Å²) in [6, 6.07) is -0.928. The zero-order valence-electron chi connectivity index (χ0n) is 47.7. The highest BCUT2D eigenvalue weighted by atomic mass is 16.5. The van der Waals surface area contributed by atoms with Gasteiger partial charge >= 0.3 is 0 Å². The largest absolute Gasteiger partial charge is 0.378 e. The van der Waals surface area contributed by atoms with Crippen LogP contribution in [0.3, 0.4) is 0 Å². The van der Waals surface area contributed by atoms with Crippen LogP contribution in [-0.4, -0.2) is 243 Å². The number of hydrogen-bond donors (Lipinski definition) is 12. The second kappa shape index (κ2) is 56.7. The van der Waals surface area contributed by atoms with Crippen molar-refractivity contribution in [1.29, 1.82) is 0 Å². The number of hydrogen-bond acceptors (Lipinski definition) is 20. The topological polar surface area (TPSA) is 417 Å². The Morgan fingerprint density at radius 1 is 0.317 bits per heavy atom. The van der Waals surface area contributed by atoms with E-state index in [0.29, 0.717) is 78.7 Å². The molecule has 0 rings (SSSR count). The molecule has 470 valence electrons. The Morgan fingerprint density at radius 2 is 0.598 bits per heavy atom. The van der Waals surface area contributed by atoms with Gasteiger partial charge in [-0.15, -0.1) is 6.42 Å². The van der Waals surface area contributed by atoms with Gasteiger partial charge in [-0.1, -0.05) is 5.92 Å². The molecule has 0 aromatic heterocycles. The van der Waals surface area contributed by atoms with Gasteiger partial charge in [-0.05, 0) is 19.3 Å². The molecule has 0 aromatic carbocycles. The molecule has 30 nitrogen and oxygen atoms in total. The van der Waals surface area contributed by atoms with E-state index in [4.69, 9.17) is 55.8 Å². The summed E-state index contributed by atoms with van der Waals surface area (Å²) in [4.78, 5) is 122. The van der Waals surface area contributed by atoms with Gasteiger partial charge in [-0.25, -0.2) is 0 Å². The van der Waals surface area contributed by atoms with E-state index in [-0.39, 0.29) is 223 Å². The summed E-state index contributed by atoms with van der Waals surface area (Å²) in [6.45, 7) is 7.43. The molecule has 0 fully saturated rings. The summed E-state index contributed by atoms with van der Waals surface area (Å²) in [5.74, 6) is -1.20. The van der Waals surface area contributed by atoms with Crippen molar-refractivity contribution in [2.75, 3.05) is 178 Å². The number of carbonyl (C=O) groups is 10. The van der Waals surface area contributed by atoms with Crippen molar-refractivity contribution in [2.45, 2.75) is 83.1 Å². The molecule has 14 N–H and O–H groups in total. The minimum absolute atomic E-state index is 0.00444. The van der Waals surface area contributed by atoms with Crippen molar-refractivity contribution in [1.82, 2.24) is 53.2 Å². The van der Waals surface area contributed by atoms with Gasteiger partial charge in [-0.2, -0.15) is 0 Å². The summed E-state index contributed by atoms with van der Waals surface area (Å²) < 4.78 is 43.0. The molecule has 0 aliphatic heterocycles. The van der Waals surface area contributed by atoms with Crippen LogP contribution in [-0.2, 0) is 85.8 Å². The molecule has 0 saturated carbocycles. The lowest BCUT2D eigenvalue weighted by molar-refractivity contribution is -0.130. The SMILES string of the molecule is C#CCNC(=O)CCNC(=O)CCC(=O)NCCOCCOCCNC(=O)CCC(=O)NCCOCCOCCNC(=O)[C@H](CCCCNC(=O)CCC(=O)NCCOCCOCCN)NC(=O)CCC(=O)NCCOCCOCCN. The van der Waals surface area contributed by atoms with Crippen molar-refractivity contribution in [3.63, 3.8) is 0 Å². The Morgan fingerprint density at radius 3 is 0.927 bits per heavy atom. The first-order valence-electron chi connectivity index (χ1n) is 28.0. The molecule has 82 heavy (non-hydrogen) atoms. The van der Waals surface area contributed by atoms with Gasteiger partial charge < -0.3 is 103 Å². The van der Waals surface area contributed by atoms with E-state index in [9.17, 15) is 47.9 Å². The van der Waals surface area contributed by atoms with E-state index in [1.54, 1.807) is 0 Å². The van der Waals surface area contributed by atoms with Gasteiger partial charge in [0.05, 0.1) is 112 Å². The molecule has 0 heterocycles. The fraction of sp³-hybridized carbons (Fsp3) is 0.769. The van der Waals surface area contributed by atoms with Crippen LogP contribution < -0.4 is 64.6 Å². The van der Waals surface area contributed by atoms with Crippen LogP contribution in [0.1, 0.15) is 77.0 Å². The van der Waals surface area contributed by atoms with Gasteiger partial charge in [0.15, 0.2) is 0 Å². The second-order valence-electron chi connectivity index (χ2n) is 17.6. The van der Waals surface area contributed by atoms with Gasteiger partial charge in [0, 0.05) is 123 Å². The van der Waals surface area contributed by atoms with Gasteiger partial charge in [0.25, 0.3) is 0 Å². The summed E-state index contributed by atoms with van der Waals surface area (Å²) >= 11 is 0. The molecule has 0 radical (unpaired) electrons. The van der Waals surface area contributed by atoms with Crippen LogP contribution in [0.5, 0.6) is 0 Å². The van der Waals surface area contributed by atoms with Crippen LogP contribution in [0.15, 0.2) is 0 Å². The number of amides is 10. The Bertz CT molecular complexity index is 1820. The van der Waals surface area contributed by atoms with Gasteiger partial charge in [-0.3, -0.25) is 47.9 Å². The summed E-state index contributed by atoms with van der Waals surface area (Å²) in [6.07, 6.45) is 6.00. The summed E-state index contributed by atoms with van der Waals surface area (Å²) in [5.41, 5.74) is 10.7. The quantitative estimate of drug-likeness (QED) is 0.0200. The third-order valence-electron chi connectivity index (χ3n) is 10.7. The lowest BCUT2D eigenvalue weighted by Crippen LogP contribution is -2.47. The monoisotopic (exact) mass is 1170 g/mol. The molecule has 0 aliphatic carbocycles. The highest BCUT2D eigenvalue weighted by Gasteiger charge is 2.21. The predicted molar refractivity (Wildman–Crippen MR) is 298 cm³/mol. The predicted octanol–water partition coefficient (Wildman–Crippen LogP) is -5.12. The molecular formula is C52H94N12O18. The Labute approximate surface area is 481 Å². The van der Waals surface area contributed by atoms with Gasteiger partial charge in [0.1, 0.15) is 6.04 Å². The standard InChI is InChI=1S/C52H94N12O18/c1-2-17-55-50(72)14-19-57-44(66)7-9-46(68)59-21-30-79-38-39-80-31-22-60-47(69)10-11-48(70)61-23-32-81-40-41-82-33-25-63-52(74)42(64-51(73)13-12-49(71)62-24-29-78-37-35-76-27-16-54)5-3-4-18-56-43(65)6-8-45(67)58-20-28-77-36-34-75-26-15-53/h1,42H,3-41,53-54H2,(H,55,72)(H,56,65)(H,57,66)(H,58,67)(H,59,68)(H,60,69)(H,61,70)(H,62,71)(H,63,74)(H,64,73)/t42-/m0/s1. The van der Waals surface area contributed by atoms with E-state index in [1.165, 1.54) is 0 Å². The van der Waals surface area contributed by atoms with Crippen molar-refractivity contribution in [3.8, 4) is 12.3 Å². The summed E-state index contributed by atoms with van der Waals surface area (Å²) in [5, 5.41) is 26.6. The van der Waals surface area contributed by atoms with E-state index in [2.05, 4.69) is 59.1 Å². The number of terminal acetylenes is 1. The normalized spacial score (nSPS) is 11.1. The number of nitrogens with one attached hydrogen (secondary N) is 10. The first-order chi connectivity index (χ1) is 39.8. The van der Waals surface area contributed by atoms with Crippen LogP contribution in [0, 0.1) is 12.3 Å². The summed E-state index contributed by atoms with van der Waals surface area (Å²) in [7, 11) is 0. The average Bonchev–Trinajstić information content (AvgIpc) is 3.46. The lowest BCUT2D eigenvalue weighted by atomic mass is 10.1. The number of unbranched alkanes of at least 4 members (excludes halogenated alkanes) is 1. The molecular weight excluding hydrogens is 1080 g/mol.